The van der Waals surface area contributed by atoms with Crippen LogP contribution in [0.2, 0.25) is 0 Å². The zero-order chi connectivity index (χ0) is 14.0. The summed E-state index contributed by atoms with van der Waals surface area (Å²) < 4.78 is 37.0. The molecule has 0 saturated heterocycles. The summed E-state index contributed by atoms with van der Waals surface area (Å²) in [4.78, 5) is 5.50. The molecule has 1 heterocycles. The highest BCUT2D eigenvalue weighted by atomic mass is 19.4. The van der Waals surface area contributed by atoms with Crippen LogP contribution >= 0.6 is 0 Å². The van der Waals surface area contributed by atoms with Gasteiger partial charge in [-0.1, -0.05) is 24.3 Å². The van der Waals surface area contributed by atoms with E-state index in [0.29, 0.717) is 0 Å². The van der Waals surface area contributed by atoms with E-state index < -0.39 is 12.7 Å². The lowest BCUT2D eigenvalue weighted by Crippen LogP contribution is -2.30. The molecule has 1 aromatic carbocycles. The molecule has 0 aliphatic carbocycles. The molecule has 0 N–H and O–H groups in total. The van der Waals surface area contributed by atoms with Gasteiger partial charge < -0.3 is 0 Å². The molecular weight excluding hydrogens is 253 g/mol. The Hall–Kier alpha value is -1.62. The number of benzene rings is 1. The monoisotopic (exact) mass is 268 g/mol. The van der Waals surface area contributed by atoms with Crippen molar-refractivity contribution < 1.29 is 13.2 Å². The molecule has 0 saturated carbocycles. The fraction of sp³-hybridized carbons (Fsp3) is 0.357. The number of hydrogen-bond donors (Lipinski definition) is 0. The van der Waals surface area contributed by atoms with Crippen molar-refractivity contribution in [3.63, 3.8) is 0 Å². The van der Waals surface area contributed by atoms with Gasteiger partial charge >= 0.3 is 6.18 Å². The van der Waals surface area contributed by atoms with E-state index in [9.17, 15) is 13.2 Å². The number of pyridine rings is 1. The number of hydrogen-bond acceptors (Lipinski definition) is 2. The van der Waals surface area contributed by atoms with Crippen LogP contribution in [0.15, 0.2) is 30.5 Å². The first kappa shape index (κ1) is 13.8. The summed E-state index contributed by atoms with van der Waals surface area (Å²) in [6.45, 7) is 1.20. The highest BCUT2D eigenvalue weighted by Gasteiger charge is 2.29. The fourth-order valence-electron chi connectivity index (χ4n) is 2.17. The highest BCUT2D eigenvalue weighted by Crippen LogP contribution is 2.23. The summed E-state index contributed by atoms with van der Waals surface area (Å²) in [6.07, 6.45) is -2.52. The molecule has 0 fully saturated rings. The predicted octanol–water partition coefficient (Wildman–Crippen LogP) is 3.54. The van der Waals surface area contributed by atoms with Crippen molar-refractivity contribution in [2.75, 3.05) is 13.6 Å². The molecule has 1 aromatic heterocycles. The van der Waals surface area contributed by atoms with Gasteiger partial charge in [0.1, 0.15) is 0 Å². The summed E-state index contributed by atoms with van der Waals surface area (Å²) >= 11 is 0. The minimum atomic E-state index is -4.18. The van der Waals surface area contributed by atoms with Gasteiger partial charge in [-0.05, 0) is 24.9 Å². The molecule has 102 valence electrons. The minimum Gasteiger partial charge on any atom is -0.294 e. The van der Waals surface area contributed by atoms with Gasteiger partial charge in [-0.2, -0.15) is 13.2 Å². The van der Waals surface area contributed by atoms with Crippen LogP contribution in [-0.4, -0.2) is 29.7 Å². The van der Waals surface area contributed by atoms with Gasteiger partial charge in [0, 0.05) is 23.8 Å². The number of alkyl halides is 3. The van der Waals surface area contributed by atoms with Crippen LogP contribution in [-0.2, 0) is 6.54 Å². The third kappa shape index (κ3) is 3.44. The minimum absolute atomic E-state index is 0.229. The molecule has 19 heavy (non-hydrogen) atoms. The van der Waals surface area contributed by atoms with Crippen molar-refractivity contribution in [1.29, 1.82) is 0 Å². The summed E-state index contributed by atoms with van der Waals surface area (Å²) in [5.74, 6) is 0. The van der Waals surface area contributed by atoms with Crippen LogP contribution < -0.4 is 0 Å². The molecule has 0 amide bonds. The second-order valence-electron chi connectivity index (χ2n) is 4.70. The summed E-state index contributed by atoms with van der Waals surface area (Å²) in [5, 5.41) is 1.95. The van der Waals surface area contributed by atoms with Gasteiger partial charge in [0.2, 0.25) is 0 Å². The Balaban J connectivity index is 2.29. The first-order chi connectivity index (χ1) is 8.87. The summed E-state index contributed by atoms with van der Waals surface area (Å²) in [6, 6.07) is 7.64. The molecule has 2 rings (SSSR count). The smallest absolute Gasteiger partial charge is 0.294 e. The lowest BCUT2D eigenvalue weighted by Gasteiger charge is -2.19. The van der Waals surface area contributed by atoms with E-state index in [0.717, 1.165) is 22.0 Å². The van der Waals surface area contributed by atoms with Crippen LogP contribution in [0.3, 0.4) is 0 Å². The zero-order valence-electron chi connectivity index (χ0n) is 10.8. The van der Waals surface area contributed by atoms with Gasteiger partial charge in [0.05, 0.1) is 6.54 Å². The second kappa shape index (κ2) is 5.17. The van der Waals surface area contributed by atoms with Crippen LogP contribution in [0.4, 0.5) is 13.2 Å². The fourth-order valence-corrected chi connectivity index (χ4v) is 2.17. The molecule has 5 heteroatoms. The maximum Gasteiger partial charge on any atom is 0.401 e. The molecular formula is C14H15F3N2. The maximum absolute atomic E-state index is 12.3. The average Bonchev–Trinajstić information content (AvgIpc) is 2.31. The molecule has 2 aromatic rings. The average molecular weight is 268 g/mol. The topological polar surface area (TPSA) is 16.1 Å². The number of halogens is 3. The van der Waals surface area contributed by atoms with Gasteiger partial charge in [0.15, 0.2) is 0 Å². The molecule has 2 nitrogen and oxygen atoms in total. The first-order valence-corrected chi connectivity index (χ1v) is 5.95. The Kier molecular flexibility index (Phi) is 3.75. The van der Waals surface area contributed by atoms with Gasteiger partial charge in [-0.15, -0.1) is 0 Å². The zero-order valence-corrected chi connectivity index (χ0v) is 10.8. The van der Waals surface area contributed by atoms with Crippen molar-refractivity contribution in [2.24, 2.45) is 0 Å². The number of fused-ring (bicyclic) bond motifs is 1. The van der Waals surface area contributed by atoms with E-state index >= 15 is 0 Å². The maximum atomic E-state index is 12.3. The van der Waals surface area contributed by atoms with Gasteiger partial charge in [0.25, 0.3) is 0 Å². The van der Waals surface area contributed by atoms with E-state index in [-0.39, 0.29) is 6.54 Å². The Morgan fingerprint density at radius 2 is 1.79 bits per heavy atom. The van der Waals surface area contributed by atoms with Crippen molar-refractivity contribution >= 4 is 10.8 Å². The van der Waals surface area contributed by atoms with Gasteiger partial charge in [-0.25, -0.2) is 0 Å². The molecule has 0 aliphatic heterocycles. The van der Waals surface area contributed by atoms with Crippen molar-refractivity contribution in [3.05, 3.63) is 41.7 Å². The van der Waals surface area contributed by atoms with Crippen molar-refractivity contribution in [3.8, 4) is 0 Å². The predicted molar refractivity (Wildman–Crippen MR) is 68.9 cm³/mol. The van der Waals surface area contributed by atoms with Crippen LogP contribution in [0.1, 0.15) is 11.3 Å². The second-order valence-corrected chi connectivity index (χ2v) is 4.70. The SMILES string of the molecule is Cc1ncc(CN(C)CC(F)(F)F)c2ccccc12. The molecule has 0 spiro atoms. The molecule has 0 unspecified atom stereocenters. The number of aromatic nitrogens is 1. The molecule has 0 radical (unpaired) electrons. The van der Waals surface area contributed by atoms with E-state index in [2.05, 4.69) is 4.98 Å². The number of rotatable bonds is 3. The lowest BCUT2D eigenvalue weighted by atomic mass is 10.1. The molecule has 0 aliphatic rings. The third-order valence-electron chi connectivity index (χ3n) is 2.97. The summed E-state index contributed by atoms with van der Waals surface area (Å²) in [5.41, 5.74) is 1.70. The lowest BCUT2D eigenvalue weighted by molar-refractivity contribution is -0.144. The standard InChI is InChI=1S/C14H15F3N2/c1-10-12-5-3-4-6-13(12)11(7-18-10)8-19(2)9-14(15,16)17/h3-7H,8-9H2,1-2H3. The van der Waals surface area contributed by atoms with E-state index in [1.165, 1.54) is 11.9 Å². The van der Waals surface area contributed by atoms with Crippen molar-refractivity contribution in [1.82, 2.24) is 9.88 Å². The Bertz CT molecular complexity index is 578. The van der Waals surface area contributed by atoms with Crippen molar-refractivity contribution in [2.45, 2.75) is 19.6 Å². The van der Waals surface area contributed by atoms with Crippen LogP contribution in [0.25, 0.3) is 10.8 Å². The highest BCUT2D eigenvalue weighted by molar-refractivity contribution is 5.87. The normalized spacial score (nSPS) is 12.3. The van der Waals surface area contributed by atoms with Gasteiger partial charge in [-0.3, -0.25) is 9.88 Å². The largest absolute Gasteiger partial charge is 0.401 e. The molecule has 0 atom stereocenters. The summed E-state index contributed by atoms with van der Waals surface area (Å²) in [7, 11) is 1.46. The van der Waals surface area contributed by atoms with E-state index in [4.69, 9.17) is 0 Å². The van der Waals surface area contributed by atoms with Crippen LogP contribution in [0.5, 0.6) is 0 Å². The Labute approximate surface area is 109 Å². The van der Waals surface area contributed by atoms with E-state index in [1.807, 2.05) is 31.2 Å². The number of aryl methyl sites for hydroxylation is 1. The number of nitrogens with zero attached hydrogens (tertiary/aromatic N) is 2. The Morgan fingerprint density at radius 3 is 2.42 bits per heavy atom. The van der Waals surface area contributed by atoms with Crippen LogP contribution in [0, 0.1) is 6.92 Å². The molecule has 0 bridgehead atoms. The van der Waals surface area contributed by atoms with E-state index in [1.54, 1.807) is 6.20 Å². The Morgan fingerprint density at radius 1 is 1.16 bits per heavy atom. The first-order valence-electron chi connectivity index (χ1n) is 5.95. The third-order valence-corrected chi connectivity index (χ3v) is 2.97. The quantitative estimate of drug-likeness (QED) is 0.846.